The summed E-state index contributed by atoms with van der Waals surface area (Å²) in [5, 5.41) is 9.19. The third-order valence-electron chi connectivity index (χ3n) is 3.47. The molecule has 128 valence electrons. The highest BCUT2D eigenvalue weighted by atomic mass is 16.5. The van der Waals surface area contributed by atoms with Crippen LogP contribution in [0.25, 0.3) is 0 Å². The van der Waals surface area contributed by atoms with Crippen molar-refractivity contribution in [3.05, 3.63) is 78.4 Å². The Morgan fingerprint density at radius 2 is 1.42 bits per heavy atom. The Bertz CT molecular complexity index is 675. The van der Waals surface area contributed by atoms with Crippen molar-refractivity contribution in [2.24, 2.45) is 0 Å². The molecule has 0 aliphatic rings. The second-order valence-electron chi connectivity index (χ2n) is 5.30. The van der Waals surface area contributed by atoms with Gasteiger partial charge < -0.3 is 14.6 Å². The van der Waals surface area contributed by atoms with Gasteiger partial charge in [-0.05, 0) is 54.7 Å². The maximum Gasteiger partial charge on any atom is 0.160 e. The average Bonchev–Trinajstić information content (AvgIpc) is 2.59. The third kappa shape index (κ3) is 5.84. The lowest BCUT2D eigenvalue weighted by atomic mass is 10.1. The Labute approximate surface area is 144 Å². The van der Waals surface area contributed by atoms with Gasteiger partial charge in [-0.1, -0.05) is 30.4 Å². The number of allylic oxidation sites excluding steroid dienone is 2. The summed E-state index contributed by atoms with van der Waals surface area (Å²) in [6, 6.07) is 11.5. The van der Waals surface area contributed by atoms with Gasteiger partial charge in [0.05, 0.1) is 14.2 Å². The average molecular weight is 326 g/mol. The molecule has 2 aromatic carbocycles. The quantitative estimate of drug-likeness (QED) is 0.770. The van der Waals surface area contributed by atoms with E-state index in [1.807, 2.05) is 49.4 Å². The highest BCUT2D eigenvalue weighted by Crippen LogP contribution is 2.27. The lowest BCUT2D eigenvalue weighted by molar-refractivity contribution is 0.354. The number of methoxy groups -OCH3 is 2. The summed E-state index contributed by atoms with van der Waals surface area (Å²) in [4.78, 5) is 0. The van der Waals surface area contributed by atoms with Crippen molar-refractivity contribution < 1.29 is 14.6 Å². The molecule has 2 aromatic rings. The fourth-order valence-corrected chi connectivity index (χ4v) is 2.19. The molecule has 0 fully saturated rings. The number of rotatable bonds is 6. The van der Waals surface area contributed by atoms with E-state index in [0.29, 0.717) is 5.75 Å². The van der Waals surface area contributed by atoms with Gasteiger partial charge in [0, 0.05) is 0 Å². The Morgan fingerprint density at radius 3 is 1.92 bits per heavy atom. The zero-order chi connectivity index (χ0) is 17.9. The lowest BCUT2D eigenvalue weighted by Gasteiger charge is -2.08. The van der Waals surface area contributed by atoms with Gasteiger partial charge in [-0.3, -0.25) is 0 Å². The summed E-state index contributed by atoms with van der Waals surface area (Å²) >= 11 is 0. The molecule has 0 saturated carbocycles. The van der Waals surface area contributed by atoms with Crippen LogP contribution in [0.3, 0.4) is 0 Å². The fraction of sp³-hybridized carbons (Fsp3) is 0.238. The Balaban J connectivity index is 0.000000243. The number of benzene rings is 2. The van der Waals surface area contributed by atoms with Crippen LogP contribution in [-0.4, -0.2) is 19.3 Å². The van der Waals surface area contributed by atoms with Crippen LogP contribution in [0.5, 0.6) is 17.2 Å². The number of phenolic OH excluding ortho intramolecular Hbond substituents is 1. The molecule has 0 spiro atoms. The largest absolute Gasteiger partial charge is 0.508 e. The van der Waals surface area contributed by atoms with Gasteiger partial charge >= 0.3 is 0 Å². The molecule has 0 radical (unpaired) electrons. The van der Waals surface area contributed by atoms with Crippen molar-refractivity contribution in [2.75, 3.05) is 14.2 Å². The summed E-state index contributed by atoms with van der Waals surface area (Å²) in [5.74, 6) is 1.88. The summed E-state index contributed by atoms with van der Waals surface area (Å²) < 4.78 is 10.3. The van der Waals surface area contributed by atoms with Crippen molar-refractivity contribution in [1.82, 2.24) is 0 Å². The number of phenols is 1. The molecule has 0 bridgehead atoms. The third-order valence-corrected chi connectivity index (χ3v) is 3.47. The molecule has 0 aliphatic carbocycles. The topological polar surface area (TPSA) is 38.7 Å². The zero-order valence-electron chi connectivity index (χ0n) is 14.7. The molecular formula is C21H26O3. The van der Waals surface area contributed by atoms with Crippen LogP contribution in [-0.2, 0) is 12.8 Å². The number of aromatic hydroxyl groups is 1. The van der Waals surface area contributed by atoms with Crippen LogP contribution >= 0.6 is 0 Å². The SMILES string of the molecule is C=CCc1ccc(O)c(C)c1.C=CCc1ccc(OC)c(OC)c1. The molecule has 0 saturated heterocycles. The first kappa shape index (κ1) is 19.4. The molecule has 24 heavy (non-hydrogen) atoms. The van der Waals surface area contributed by atoms with Crippen LogP contribution in [0.15, 0.2) is 61.7 Å². The van der Waals surface area contributed by atoms with Gasteiger partial charge in [-0.25, -0.2) is 0 Å². The van der Waals surface area contributed by atoms with Crippen molar-refractivity contribution in [2.45, 2.75) is 19.8 Å². The van der Waals surface area contributed by atoms with Gasteiger partial charge in [0.2, 0.25) is 0 Å². The van der Waals surface area contributed by atoms with Gasteiger partial charge in [-0.2, -0.15) is 0 Å². The molecule has 0 amide bonds. The number of ether oxygens (including phenoxy) is 2. The predicted molar refractivity (Wildman–Crippen MR) is 100 cm³/mol. The van der Waals surface area contributed by atoms with Gasteiger partial charge in [0.1, 0.15) is 5.75 Å². The first-order valence-corrected chi connectivity index (χ1v) is 7.76. The summed E-state index contributed by atoms with van der Waals surface area (Å²) in [7, 11) is 3.26. The Morgan fingerprint density at radius 1 is 0.875 bits per heavy atom. The van der Waals surface area contributed by atoms with Crippen LogP contribution in [0.4, 0.5) is 0 Å². The van der Waals surface area contributed by atoms with E-state index in [1.54, 1.807) is 20.3 Å². The summed E-state index contributed by atoms with van der Waals surface area (Å²) in [6.45, 7) is 9.22. The smallest absolute Gasteiger partial charge is 0.160 e. The molecule has 0 aliphatic heterocycles. The second-order valence-corrected chi connectivity index (χ2v) is 5.30. The molecule has 0 unspecified atom stereocenters. The van der Waals surface area contributed by atoms with E-state index in [0.717, 1.165) is 29.9 Å². The summed E-state index contributed by atoms with van der Waals surface area (Å²) in [6.07, 6.45) is 5.43. The van der Waals surface area contributed by atoms with Gasteiger partial charge in [-0.15, -0.1) is 13.2 Å². The van der Waals surface area contributed by atoms with E-state index < -0.39 is 0 Å². The van der Waals surface area contributed by atoms with Crippen molar-refractivity contribution >= 4 is 0 Å². The number of aryl methyl sites for hydroxylation is 1. The standard InChI is InChI=1S/C11H14O2.C10H12O/c1-4-5-9-6-7-10(12-2)11(8-9)13-3;1-3-4-9-5-6-10(11)8(2)7-9/h4,6-8H,1,5H2,2-3H3;3,5-7,11H,1,4H2,2H3. The van der Waals surface area contributed by atoms with Crippen LogP contribution in [0, 0.1) is 6.92 Å². The fourth-order valence-electron chi connectivity index (χ4n) is 2.19. The van der Waals surface area contributed by atoms with E-state index in [2.05, 4.69) is 13.2 Å². The number of hydrogen-bond acceptors (Lipinski definition) is 3. The van der Waals surface area contributed by atoms with Crippen molar-refractivity contribution in [3.8, 4) is 17.2 Å². The van der Waals surface area contributed by atoms with E-state index in [-0.39, 0.29) is 0 Å². The molecule has 0 heterocycles. The van der Waals surface area contributed by atoms with E-state index >= 15 is 0 Å². The van der Waals surface area contributed by atoms with Crippen LogP contribution < -0.4 is 9.47 Å². The maximum atomic E-state index is 9.19. The zero-order valence-corrected chi connectivity index (χ0v) is 14.7. The molecule has 3 nitrogen and oxygen atoms in total. The Kier molecular flexibility index (Phi) is 8.20. The van der Waals surface area contributed by atoms with Crippen molar-refractivity contribution in [3.63, 3.8) is 0 Å². The van der Waals surface area contributed by atoms with Crippen LogP contribution in [0.1, 0.15) is 16.7 Å². The molecule has 0 atom stereocenters. The maximum absolute atomic E-state index is 9.19. The minimum atomic E-state index is 0.359. The molecular weight excluding hydrogens is 300 g/mol. The van der Waals surface area contributed by atoms with E-state index in [4.69, 9.17) is 9.47 Å². The van der Waals surface area contributed by atoms with E-state index in [1.165, 1.54) is 11.1 Å². The first-order valence-electron chi connectivity index (χ1n) is 7.76. The van der Waals surface area contributed by atoms with Crippen LogP contribution in [0.2, 0.25) is 0 Å². The van der Waals surface area contributed by atoms with Crippen molar-refractivity contribution in [1.29, 1.82) is 0 Å². The minimum Gasteiger partial charge on any atom is -0.508 e. The lowest BCUT2D eigenvalue weighted by Crippen LogP contribution is -1.91. The predicted octanol–water partition coefficient (Wildman–Crippen LogP) is 4.86. The molecule has 0 aromatic heterocycles. The summed E-state index contributed by atoms with van der Waals surface area (Å²) in [5.41, 5.74) is 3.28. The highest BCUT2D eigenvalue weighted by molar-refractivity contribution is 5.43. The van der Waals surface area contributed by atoms with E-state index in [9.17, 15) is 5.11 Å². The molecule has 2 rings (SSSR count). The monoisotopic (exact) mass is 326 g/mol. The van der Waals surface area contributed by atoms with Gasteiger partial charge in [0.25, 0.3) is 0 Å². The normalized spacial score (nSPS) is 9.46. The first-order chi connectivity index (χ1) is 11.5. The Hall–Kier alpha value is -2.68. The highest BCUT2D eigenvalue weighted by Gasteiger charge is 2.02. The minimum absolute atomic E-state index is 0.359. The second kappa shape index (κ2) is 10.2. The molecule has 1 N–H and O–H groups in total. The number of hydrogen-bond donors (Lipinski definition) is 1. The van der Waals surface area contributed by atoms with Gasteiger partial charge in [0.15, 0.2) is 11.5 Å². The molecule has 3 heteroatoms.